The Bertz CT molecular complexity index is 586. The average molecular weight is 292 g/mol. The molecular formula is C14H20N4OS. The second kappa shape index (κ2) is 5.66. The number of nitrogens with two attached hydrogens (primary N) is 1. The van der Waals surface area contributed by atoms with Crippen molar-refractivity contribution in [3.05, 3.63) is 34.3 Å². The lowest BCUT2D eigenvalue weighted by atomic mass is 9.91. The Morgan fingerprint density at radius 3 is 2.85 bits per heavy atom. The normalized spacial score (nSPS) is 11.6. The third-order valence-corrected chi connectivity index (χ3v) is 4.44. The molecule has 2 aromatic rings. The zero-order valence-corrected chi connectivity index (χ0v) is 12.8. The van der Waals surface area contributed by atoms with E-state index in [1.807, 2.05) is 18.4 Å². The average Bonchev–Trinajstić information content (AvgIpc) is 3.05. The van der Waals surface area contributed by atoms with Crippen LogP contribution in [-0.2, 0) is 12.0 Å². The van der Waals surface area contributed by atoms with Crippen molar-refractivity contribution in [2.75, 3.05) is 12.3 Å². The number of carbonyl (C=O) groups is 1. The minimum Gasteiger partial charge on any atom is -0.396 e. The molecule has 2 aromatic heterocycles. The molecule has 0 bridgehead atoms. The van der Waals surface area contributed by atoms with Crippen LogP contribution >= 0.6 is 11.3 Å². The van der Waals surface area contributed by atoms with E-state index in [4.69, 9.17) is 5.73 Å². The molecule has 0 aromatic carbocycles. The molecule has 0 unspecified atom stereocenters. The Kier molecular flexibility index (Phi) is 4.13. The van der Waals surface area contributed by atoms with Crippen molar-refractivity contribution in [2.24, 2.45) is 0 Å². The Labute approximate surface area is 122 Å². The fourth-order valence-electron chi connectivity index (χ4n) is 1.91. The van der Waals surface area contributed by atoms with Crippen LogP contribution in [0.3, 0.4) is 0 Å². The predicted octanol–water partition coefficient (Wildman–Crippen LogP) is 2.25. The Balaban J connectivity index is 2.03. The molecule has 0 saturated heterocycles. The van der Waals surface area contributed by atoms with Crippen LogP contribution in [0.25, 0.3) is 0 Å². The second-order valence-corrected chi connectivity index (χ2v) is 6.28. The molecule has 0 aliphatic heterocycles. The summed E-state index contributed by atoms with van der Waals surface area (Å²) in [6.45, 7) is 7.40. The molecule has 2 heterocycles. The Morgan fingerprint density at radius 1 is 1.55 bits per heavy atom. The molecule has 1 amide bonds. The van der Waals surface area contributed by atoms with E-state index in [1.54, 1.807) is 22.2 Å². The molecule has 3 N–H and O–H groups in total. The van der Waals surface area contributed by atoms with Crippen molar-refractivity contribution in [3.8, 4) is 0 Å². The number of hydrogen-bond donors (Lipinski definition) is 2. The summed E-state index contributed by atoms with van der Waals surface area (Å²) in [6, 6.07) is 4.10. The van der Waals surface area contributed by atoms with Crippen LogP contribution in [0.15, 0.2) is 23.7 Å². The molecule has 0 radical (unpaired) electrons. The van der Waals surface area contributed by atoms with Gasteiger partial charge in [-0.1, -0.05) is 19.9 Å². The highest BCUT2D eigenvalue weighted by Crippen LogP contribution is 2.26. The molecule has 20 heavy (non-hydrogen) atoms. The number of rotatable bonds is 5. The first-order valence-corrected chi connectivity index (χ1v) is 7.47. The number of anilines is 1. The van der Waals surface area contributed by atoms with Gasteiger partial charge in [0.05, 0.1) is 5.69 Å². The lowest BCUT2D eigenvalue weighted by Crippen LogP contribution is -2.36. The smallest absolute Gasteiger partial charge is 0.273 e. The van der Waals surface area contributed by atoms with Gasteiger partial charge in [0.15, 0.2) is 5.69 Å². The van der Waals surface area contributed by atoms with Gasteiger partial charge in [0.2, 0.25) is 0 Å². The van der Waals surface area contributed by atoms with E-state index in [0.29, 0.717) is 24.5 Å². The number of aryl methyl sites for hydroxylation is 1. The van der Waals surface area contributed by atoms with Gasteiger partial charge in [-0.2, -0.15) is 5.10 Å². The lowest BCUT2D eigenvalue weighted by molar-refractivity contribution is 0.0941. The topological polar surface area (TPSA) is 72.9 Å². The highest BCUT2D eigenvalue weighted by Gasteiger charge is 2.24. The highest BCUT2D eigenvalue weighted by molar-refractivity contribution is 7.10. The summed E-state index contributed by atoms with van der Waals surface area (Å²) < 4.78 is 1.66. The van der Waals surface area contributed by atoms with E-state index in [-0.39, 0.29) is 11.3 Å². The minimum absolute atomic E-state index is 0.105. The maximum Gasteiger partial charge on any atom is 0.273 e. The van der Waals surface area contributed by atoms with Crippen molar-refractivity contribution >= 4 is 22.9 Å². The summed E-state index contributed by atoms with van der Waals surface area (Å²) in [6.07, 6.45) is 1.68. The van der Waals surface area contributed by atoms with Crippen molar-refractivity contribution in [2.45, 2.75) is 32.7 Å². The van der Waals surface area contributed by atoms with Crippen LogP contribution in [-0.4, -0.2) is 22.2 Å². The van der Waals surface area contributed by atoms with Crippen LogP contribution in [0.4, 0.5) is 5.69 Å². The van der Waals surface area contributed by atoms with Gasteiger partial charge in [-0.15, -0.1) is 11.3 Å². The third-order valence-electron chi connectivity index (χ3n) is 3.21. The highest BCUT2D eigenvalue weighted by atomic mass is 32.1. The van der Waals surface area contributed by atoms with Gasteiger partial charge in [-0.3, -0.25) is 9.48 Å². The molecule has 108 valence electrons. The number of hydrogen-bond acceptors (Lipinski definition) is 4. The van der Waals surface area contributed by atoms with Crippen LogP contribution in [0, 0.1) is 0 Å². The maximum atomic E-state index is 12.1. The molecule has 0 atom stereocenters. The van der Waals surface area contributed by atoms with E-state index in [9.17, 15) is 4.79 Å². The fraction of sp³-hybridized carbons (Fsp3) is 0.429. The van der Waals surface area contributed by atoms with E-state index in [1.165, 1.54) is 4.88 Å². The van der Waals surface area contributed by atoms with E-state index in [0.717, 1.165) is 0 Å². The Hall–Kier alpha value is -1.82. The number of amides is 1. The second-order valence-electron chi connectivity index (χ2n) is 5.33. The largest absolute Gasteiger partial charge is 0.396 e. The summed E-state index contributed by atoms with van der Waals surface area (Å²) in [4.78, 5) is 13.4. The van der Waals surface area contributed by atoms with Crippen LogP contribution in [0.2, 0.25) is 0 Å². The van der Waals surface area contributed by atoms with Crippen molar-refractivity contribution in [3.63, 3.8) is 0 Å². The number of thiophene rings is 1. The van der Waals surface area contributed by atoms with Gasteiger partial charge in [-0.05, 0) is 18.4 Å². The minimum atomic E-state index is -0.223. The molecule has 5 nitrogen and oxygen atoms in total. The van der Waals surface area contributed by atoms with Crippen molar-refractivity contribution in [1.29, 1.82) is 0 Å². The zero-order valence-electron chi connectivity index (χ0n) is 12.0. The number of nitrogens with zero attached hydrogens (tertiary/aromatic N) is 2. The van der Waals surface area contributed by atoms with Crippen LogP contribution in [0.5, 0.6) is 0 Å². The summed E-state index contributed by atoms with van der Waals surface area (Å²) >= 11 is 1.69. The molecule has 0 fully saturated rings. The fourth-order valence-corrected chi connectivity index (χ4v) is 2.76. The van der Waals surface area contributed by atoms with Gasteiger partial charge in [0, 0.05) is 29.6 Å². The number of carbonyl (C=O) groups excluding carboxylic acids is 1. The molecule has 0 saturated carbocycles. The SMILES string of the molecule is CCn1cc(N)c(C(=O)NCC(C)(C)c2cccs2)n1. The first-order chi connectivity index (χ1) is 9.44. The van der Waals surface area contributed by atoms with Crippen molar-refractivity contribution < 1.29 is 4.79 Å². The summed E-state index contributed by atoms with van der Waals surface area (Å²) in [5, 5.41) is 9.13. The first-order valence-electron chi connectivity index (χ1n) is 6.59. The maximum absolute atomic E-state index is 12.1. The Morgan fingerprint density at radius 2 is 2.30 bits per heavy atom. The molecular weight excluding hydrogens is 272 g/mol. The molecule has 6 heteroatoms. The third kappa shape index (κ3) is 3.01. The van der Waals surface area contributed by atoms with Gasteiger partial charge in [-0.25, -0.2) is 0 Å². The standard InChI is InChI=1S/C14H20N4OS/c1-4-18-8-10(15)12(17-18)13(19)16-9-14(2,3)11-6-5-7-20-11/h5-8H,4,9,15H2,1-3H3,(H,16,19). The van der Waals surface area contributed by atoms with Gasteiger partial charge in [0.25, 0.3) is 5.91 Å². The quantitative estimate of drug-likeness (QED) is 0.887. The first kappa shape index (κ1) is 14.6. The molecule has 2 rings (SSSR count). The monoisotopic (exact) mass is 292 g/mol. The summed E-state index contributed by atoms with van der Waals surface area (Å²) in [5.74, 6) is -0.223. The van der Waals surface area contributed by atoms with Crippen molar-refractivity contribution in [1.82, 2.24) is 15.1 Å². The lowest BCUT2D eigenvalue weighted by Gasteiger charge is -2.23. The number of nitrogens with one attached hydrogen (secondary N) is 1. The molecule has 0 aliphatic rings. The van der Waals surface area contributed by atoms with Gasteiger partial charge >= 0.3 is 0 Å². The zero-order chi connectivity index (χ0) is 14.8. The van der Waals surface area contributed by atoms with E-state index in [2.05, 4.69) is 30.3 Å². The number of nitrogen functional groups attached to an aromatic ring is 1. The van der Waals surface area contributed by atoms with Crippen LogP contribution in [0.1, 0.15) is 36.1 Å². The van der Waals surface area contributed by atoms with Crippen LogP contribution < -0.4 is 11.1 Å². The molecule has 0 spiro atoms. The molecule has 0 aliphatic carbocycles. The number of aromatic nitrogens is 2. The van der Waals surface area contributed by atoms with Gasteiger partial charge < -0.3 is 11.1 Å². The summed E-state index contributed by atoms with van der Waals surface area (Å²) in [5.41, 5.74) is 6.42. The van der Waals surface area contributed by atoms with E-state index >= 15 is 0 Å². The predicted molar refractivity (Wildman–Crippen MR) is 82.0 cm³/mol. The van der Waals surface area contributed by atoms with Gasteiger partial charge in [0.1, 0.15) is 0 Å². The van der Waals surface area contributed by atoms with E-state index < -0.39 is 0 Å². The summed E-state index contributed by atoms with van der Waals surface area (Å²) in [7, 11) is 0.